The number of hydrogen-bond donors (Lipinski definition) is 2. The highest BCUT2D eigenvalue weighted by atomic mass is 19.4. The van der Waals surface area contributed by atoms with Crippen LogP contribution in [0.5, 0.6) is 5.75 Å². The molecule has 1 aromatic carbocycles. The Kier molecular flexibility index (Phi) is 6.31. The van der Waals surface area contributed by atoms with Crippen molar-refractivity contribution in [3.8, 4) is 28.3 Å². The topological polar surface area (TPSA) is 130 Å². The summed E-state index contributed by atoms with van der Waals surface area (Å²) in [6.45, 7) is 4.14. The fraction of sp³-hybridized carbons (Fsp3) is 0.161. The summed E-state index contributed by atoms with van der Waals surface area (Å²) in [4.78, 5) is 26.1. The van der Waals surface area contributed by atoms with Gasteiger partial charge in [0.1, 0.15) is 29.3 Å². The largest absolute Gasteiger partial charge is 0.496 e. The lowest BCUT2D eigenvalue weighted by Crippen LogP contribution is -2.14. The Balaban J connectivity index is 1.29. The van der Waals surface area contributed by atoms with Crippen LogP contribution in [0.2, 0.25) is 0 Å². The number of fused-ring (bicyclic) bond motifs is 3. The molecule has 0 fully saturated rings. The zero-order valence-electron chi connectivity index (χ0n) is 24.1. The van der Waals surface area contributed by atoms with Gasteiger partial charge in [-0.05, 0) is 50.2 Å². The van der Waals surface area contributed by atoms with Crippen LogP contribution in [0.25, 0.3) is 33.5 Å². The molecule has 0 aliphatic carbocycles. The number of aromatic nitrogens is 6. The van der Waals surface area contributed by atoms with Crippen molar-refractivity contribution in [1.82, 2.24) is 28.3 Å². The van der Waals surface area contributed by atoms with Gasteiger partial charge in [0, 0.05) is 59.4 Å². The predicted octanol–water partition coefficient (Wildman–Crippen LogP) is 6.27. The van der Waals surface area contributed by atoms with Crippen molar-refractivity contribution in [1.29, 1.82) is 0 Å². The summed E-state index contributed by atoms with van der Waals surface area (Å²) in [5, 5.41) is 2.41. The van der Waals surface area contributed by atoms with E-state index in [9.17, 15) is 18.0 Å². The van der Waals surface area contributed by atoms with Crippen molar-refractivity contribution in [2.75, 3.05) is 18.2 Å². The molecular weight excluding hydrogens is 589 g/mol. The number of ether oxygens (including phenoxy) is 1. The van der Waals surface area contributed by atoms with E-state index in [1.165, 1.54) is 19.2 Å². The highest BCUT2D eigenvalue weighted by molar-refractivity contribution is 6.05. The van der Waals surface area contributed by atoms with Crippen LogP contribution in [-0.4, -0.2) is 41.3 Å². The van der Waals surface area contributed by atoms with Crippen LogP contribution in [-0.2, 0) is 6.18 Å². The van der Waals surface area contributed by atoms with Crippen molar-refractivity contribution in [3.05, 3.63) is 95.9 Å². The van der Waals surface area contributed by atoms with Gasteiger partial charge in [-0.2, -0.15) is 13.2 Å². The molecular formula is C31H25F3N8O3. The summed E-state index contributed by atoms with van der Waals surface area (Å²) in [6.07, 6.45) is 5.32. The van der Waals surface area contributed by atoms with Crippen LogP contribution in [0, 0.1) is 11.1 Å². The zero-order chi connectivity index (χ0) is 31.6. The monoisotopic (exact) mass is 614 g/mol. The van der Waals surface area contributed by atoms with Crippen molar-refractivity contribution in [2.24, 2.45) is 0 Å². The number of rotatable bonds is 6. The second-order valence-electron chi connectivity index (χ2n) is 10.7. The van der Waals surface area contributed by atoms with E-state index in [1.54, 1.807) is 24.8 Å². The second-order valence-corrected chi connectivity index (χ2v) is 10.7. The highest BCUT2D eigenvalue weighted by Crippen LogP contribution is 2.38. The molecule has 228 valence electrons. The minimum atomic E-state index is -4.57. The number of methoxy groups -OCH3 is 1. The van der Waals surface area contributed by atoms with Crippen LogP contribution in [0.3, 0.4) is 0 Å². The van der Waals surface area contributed by atoms with Gasteiger partial charge >= 0.3 is 6.18 Å². The third kappa shape index (κ3) is 4.80. The summed E-state index contributed by atoms with van der Waals surface area (Å²) in [7, 11) is 1.45. The minimum absolute atomic E-state index is 0.146. The number of nitrogen functional groups attached to an aromatic ring is 1. The number of pyridine rings is 2. The molecule has 14 heteroatoms. The van der Waals surface area contributed by atoms with Crippen LogP contribution < -0.4 is 15.8 Å². The summed E-state index contributed by atoms with van der Waals surface area (Å²) < 4.78 is 56.6. The average Bonchev–Trinajstić information content (AvgIpc) is 3.70. The molecule has 2 aliphatic rings. The Morgan fingerprint density at radius 2 is 1.80 bits per heavy atom. The highest BCUT2D eigenvalue weighted by Gasteiger charge is 2.31. The number of benzene rings is 1. The molecule has 0 bridgehead atoms. The van der Waals surface area contributed by atoms with Gasteiger partial charge in [0.05, 0.1) is 23.7 Å². The maximum atomic E-state index is 13.1. The van der Waals surface area contributed by atoms with Gasteiger partial charge in [-0.1, -0.05) is 0 Å². The van der Waals surface area contributed by atoms with Crippen molar-refractivity contribution in [2.45, 2.75) is 26.1 Å². The quantitative estimate of drug-likeness (QED) is 0.226. The van der Waals surface area contributed by atoms with Crippen LogP contribution >= 0.6 is 0 Å². The lowest BCUT2D eigenvalue weighted by atomic mass is 10.0. The number of halogens is 3. The SMILES string of the molecule is COc1cc(C(=O)Nc2cc(C(F)(F)F)ccn2)ccc1-c1ncn2ccnc(-c3cn4c5oc=5n(C(C)C)cc4cc3N)c12. The lowest BCUT2D eigenvalue weighted by Gasteiger charge is -2.13. The predicted molar refractivity (Wildman–Crippen MR) is 159 cm³/mol. The second kappa shape index (κ2) is 10.1. The number of anilines is 2. The Morgan fingerprint density at radius 3 is 2.56 bits per heavy atom. The molecule has 0 saturated carbocycles. The van der Waals surface area contributed by atoms with Crippen LogP contribution in [0.1, 0.15) is 35.8 Å². The van der Waals surface area contributed by atoms with E-state index >= 15 is 0 Å². The third-order valence-electron chi connectivity index (χ3n) is 7.52. The van der Waals surface area contributed by atoms with E-state index in [-0.39, 0.29) is 17.4 Å². The molecule has 0 saturated heterocycles. The summed E-state index contributed by atoms with van der Waals surface area (Å²) in [5.74, 6) is -0.582. The smallest absolute Gasteiger partial charge is 0.416 e. The molecule has 7 rings (SSSR count). The number of alkyl halides is 3. The number of hydrogen-bond acceptors (Lipinski definition) is 7. The van der Waals surface area contributed by atoms with Crippen LogP contribution in [0.15, 0.2) is 78.1 Å². The standard InChI is InChI=1S/C31H25F3N8O3/c1-16(2)41-13-19-12-22(35)21(14-42(19)30-29(41)45-30)26-27-25(38-15-40(27)9-8-37-26)20-5-4-17(10-23(20)44-3)28(43)39-24-11-18(6-7-36-24)31(32,33)34/h4-16H,35H2,1-3H3,(H,36,39,43). The molecule has 5 aromatic rings. The van der Waals surface area contributed by atoms with E-state index in [4.69, 9.17) is 14.9 Å². The first-order chi connectivity index (χ1) is 21.5. The molecule has 0 spiro atoms. The van der Waals surface area contributed by atoms with E-state index < -0.39 is 17.6 Å². The normalized spacial score (nSPS) is 12.2. The van der Waals surface area contributed by atoms with Gasteiger partial charge in [0.2, 0.25) is 0 Å². The van der Waals surface area contributed by atoms with Gasteiger partial charge in [0.15, 0.2) is 0 Å². The fourth-order valence-electron chi connectivity index (χ4n) is 5.26. The van der Waals surface area contributed by atoms with E-state index in [2.05, 4.69) is 34.1 Å². The molecule has 45 heavy (non-hydrogen) atoms. The molecule has 1 amide bonds. The fourth-order valence-corrected chi connectivity index (χ4v) is 5.26. The summed E-state index contributed by atoms with van der Waals surface area (Å²) in [6, 6.07) is 8.34. The van der Waals surface area contributed by atoms with Gasteiger partial charge in [-0.15, -0.1) is 0 Å². The summed E-state index contributed by atoms with van der Waals surface area (Å²) >= 11 is 0. The van der Waals surface area contributed by atoms with Crippen LogP contribution in [0.4, 0.5) is 24.7 Å². The Bertz CT molecular complexity index is 2310. The van der Waals surface area contributed by atoms with Gasteiger partial charge in [0.25, 0.3) is 17.0 Å². The van der Waals surface area contributed by atoms with Crippen molar-refractivity contribution >= 4 is 28.4 Å². The third-order valence-corrected chi connectivity index (χ3v) is 7.52. The Labute approximate surface area is 252 Å². The minimum Gasteiger partial charge on any atom is -0.496 e. The first kappa shape index (κ1) is 28.0. The number of nitrogens with zero attached hydrogens (tertiary/aromatic N) is 6. The molecule has 4 aromatic heterocycles. The molecule has 0 radical (unpaired) electrons. The molecule has 6 heterocycles. The maximum absolute atomic E-state index is 13.1. The summed E-state index contributed by atoms with van der Waals surface area (Å²) in [5.41, 5.74) is 11.6. The first-order valence-electron chi connectivity index (χ1n) is 13.8. The number of imidazole rings is 1. The molecule has 11 nitrogen and oxygen atoms in total. The zero-order valence-corrected chi connectivity index (χ0v) is 24.1. The Hall–Kier alpha value is -5.79. The maximum Gasteiger partial charge on any atom is 0.416 e. The number of amides is 1. The number of carbonyl (C=O) groups excluding carboxylic acids is 1. The van der Waals surface area contributed by atoms with Crippen molar-refractivity contribution in [3.63, 3.8) is 0 Å². The van der Waals surface area contributed by atoms with E-state index in [0.29, 0.717) is 39.5 Å². The number of carbonyl (C=O) groups is 1. The lowest BCUT2D eigenvalue weighted by molar-refractivity contribution is -0.137. The molecule has 0 unspecified atom stereocenters. The molecule has 0 atom stereocenters. The van der Waals surface area contributed by atoms with Gasteiger partial charge < -0.3 is 29.2 Å². The van der Waals surface area contributed by atoms with E-state index in [1.807, 2.05) is 31.8 Å². The molecule has 2 aliphatic heterocycles. The number of nitrogens with two attached hydrogens (primary N) is 1. The first-order valence-corrected chi connectivity index (χ1v) is 13.8. The van der Waals surface area contributed by atoms with Gasteiger partial charge in [-0.3, -0.25) is 14.2 Å². The number of nitrogens with one attached hydrogen (secondary N) is 1. The van der Waals surface area contributed by atoms with Gasteiger partial charge in [-0.25, -0.2) is 9.97 Å². The van der Waals surface area contributed by atoms with Crippen molar-refractivity contribution < 1.29 is 27.1 Å². The molecule has 3 N–H and O–H groups in total. The van der Waals surface area contributed by atoms with E-state index in [0.717, 1.165) is 34.9 Å². The Morgan fingerprint density at radius 1 is 1.00 bits per heavy atom. The average molecular weight is 615 g/mol.